The van der Waals surface area contributed by atoms with Crippen molar-refractivity contribution in [3.63, 3.8) is 0 Å². The monoisotopic (exact) mass is 372 g/mol. The molecular weight excluding hydrogens is 339 g/mol. The van der Waals surface area contributed by atoms with Crippen molar-refractivity contribution in [3.8, 4) is 0 Å². The van der Waals surface area contributed by atoms with Gasteiger partial charge in [-0.15, -0.1) is 0 Å². The molecule has 0 amide bonds. The minimum atomic E-state index is -2.77. The average molecular weight is 372 g/mol. The van der Waals surface area contributed by atoms with E-state index in [2.05, 4.69) is 23.8 Å². The second-order valence-electron chi connectivity index (χ2n) is 6.80. The standard InChI is InChI=1S/C19H25N2OP.C3H8/c22-23(18-10-4-1-5-11-18,19-12-6-2-7-13-19)20-14-17-21-15-8-3-9-16-21;1-3-2/h1-2,4-7,10-13H,3,8-9,14-17H2,(H,20,22);3H2,1-2H3. The van der Waals surface area contributed by atoms with Gasteiger partial charge in [0, 0.05) is 23.7 Å². The highest BCUT2D eigenvalue weighted by molar-refractivity contribution is 7.76. The lowest BCUT2D eigenvalue weighted by molar-refractivity contribution is 0.233. The van der Waals surface area contributed by atoms with Crippen molar-refractivity contribution >= 4 is 17.9 Å². The van der Waals surface area contributed by atoms with Crippen LogP contribution >= 0.6 is 7.29 Å². The summed E-state index contributed by atoms with van der Waals surface area (Å²) < 4.78 is 13.7. The lowest BCUT2D eigenvalue weighted by Crippen LogP contribution is -2.37. The van der Waals surface area contributed by atoms with E-state index in [1.54, 1.807) is 0 Å². The number of likely N-dealkylation sites (tertiary alicyclic amines) is 1. The van der Waals surface area contributed by atoms with E-state index in [4.69, 9.17) is 0 Å². The van der Waals surface area contributed by atoms with Crippen molar-refractivity contribution in [2.24, 2.45) is 0 Å². The van der Waals surface area contributed by atoms with Gasteiger partial charge in [-0.3, -0.25) is 9.65 Å². The van der Waals surface area contributed by atoms with Gasteiger partial charge in [-0.2, -0.15) is 0 Å². The highest BCUT2D eigenvalue weighted by atomic mass is 31.2. The number of benzene rings is 2. The molecule has 3 rings (SSSR count). The molecule has 1 N–H and O–H groups in total. The van der Waals surface area contributed by atoms with E-state index in [-0.39, 0.29) is 0 Å². The van der Waals surface area contributed by atoms with Crippen molar-refractivity contribution < 1.29 is 4.57 Å². The molecule has 0 radical (unpaired) electrons. The zero-order valence-corrected chi connectivity index (χ0v) is 17.1. The third-order valence-electron chi connectivity index (χ3n) is 4.45. The second-order valence-corrected chi connectivity index (χ2v) is 9.37. The van der Waals surface area contributed by atoms with E-state index in [0.29, 0.717) is 0 Å². The normalized spacial score (nSPS) is 15.2. The molecule has 0 atom stereocenters. The van der Waals surface area contributed by atoms with Gasteiger partial charge in [0.15, 0.2) is 0 Å². The maximum Gasteiger partial charge on any atom is 0.204 e. The number of rotatable bonds is 6. The average Bonchev–Trinajstić information content (AvgIpc) is 2.71. The molecule has 4 heteroatoms. The minimum Gasteiger partial charge on any atom is -0.302 e. The zero-order chi connectivity index (χ0) is 18.7. The molecule has 0 bridgehead atoms. The maximum atomic E-state index is 13.7. The Bertz CT molecular complexity index is 611. The van der Waals surface area contributed by atoms with Crippen LogP contribution in [0.5, 0.6) is 0 Å². The van der Waals surface area contributed by atoms with Crippen LogP contribution < -0.4 is 15.7 Å². The third-order valence-corrected chi connectivity index (χ3v) is 7.17. The first-order valence-corrected chi connectivity index (χ1v) is 11.6. The number of nitrogens with zero attached hydrogens (tertiary/aromatic N) is 1. The summed E-state index contributed by atoms with van der Waals surface area (Å²) in [5.74, 6) is 0. The van der Waals surface area contributed by atoms with E-state index in [1.165, 1.54) is 38.8 Å². The predicted octanol–water partition coefficient (Wildman–Crippen LogP) is 4.41. The van der Waals surface area contributed by atoms with Crippen LogP contribution in [-0.4, -0.2) is 31.1 Å². The Kier molecular flexibility index (Phi) is 9.11. The van der Waals surface area contributed by atoms with Gasteiger partial charge in [0.2, 0.25) is 7.29 Å². The van der Waals surface area contributed by atoms with Gasteiger partial charge in [0.05, 0.1) is 0 Å². The Balaban J connectivity index is 0.000000758. The smallest absolute Gasteiger partial charge is 0.204 e. The predicted molar refractivity (Wildman–Crippen MR) is 114 cm³/mol. The van der Waals surface area contributed by atoms with E-state index >= 15 is 0 Å². The number of piperidine rings is 1. The molecule has 1 heterocycles. The van der Waals surface area contributed by atoms with E-state index in [0.717, 1.165) is 23.7 Å². The highest BCUT2D eigenvalue weighted by Crippen LogP contribution is 2.38. The summed E-state index contributed by atoms with van der Waals surface area (Å²) in [5.41, 5.74) is 0. The van der Waals surface area contributed by atoms with Crippen LogP contribution in [0, 0.1) is 0 Å². The topological polar surface area (TPSA) is 32.3 Å². The molecule has 142 valence electrons. The van der Waals surface area contributed by atoms with Crippen molar-refractivity contribution in [2.75, 3.05) is 26.2 Å². The van der Waals surface area contributed by atoms with Gasteiger partial charge in [-0.05, 0) is 50.2 Å². The molecule has 2 aromatic carbocycles. The van der Waals surface area contributed by atoms with Crippen LogP contribution in [0.15, 0.2) is 60.7 Å². The summed E-state index contributed by atoms with van der Waals surface area (Å²) >= 11 is 0. The van der Waals surface area contributed by atoms with Crippen LogP contribution in [0.25, 0.3) is 0 Å². The maximum absolute atomic E-state index is 13.7. The van der Waals surface area contributed by atoms with Gasteiger partial charge >= 0.3 is 0 Å². The number of hydrogen-bond acceptors (Lipinski definition) is 2. The van der Waals surface area contributed by atoms with Gasteiger partial charge < -0.3 is 4.90 Å². The molecule has 1 aliphatic heterocycles. The Morgan fingerprint density at radius 3 is 1.77 bits per heavy atom. The van der Waals surface area contributed by atoms with Crippen LogP contribution in [0.4, 0.5) is 0 Å². The molecule has 3 nitrogen and oxygen atoms in total. The zero-order valence-electron chi connectivity index (χ0n) is 16.2. The Morgan fingerprint density at radius 2 is 1.31 bits per heavy atom. The van der Waals surface area contributed by atoms with Gasteiger partial charge in [-0.25, -0.2) is 0 Å². The fourth-order valence-electron chi connectivity index (χ4n) is 3.16. The largest absolute Gasteiger partial charge is 0.302 e. The van der Waals surface area contributed by atoms with Crippen molar-refractivity contribution in [2.45, 2.75) is 39.5 Å². The van der Waals surface area contributed by atoms with Crippen molar-refractivity contribution in [1.29, 1.82) is 0 Å². The van der Waals surface area contributed by atoms with Crippen LogP contribution in [0.3, 0.4) is 0 Å². The SMILES string of the molecule is CCC.O=P(NCCN1CCCCC1)(c1ccccc1)c1ccccc1. The van der Waals surface area contributed by atoms with Crippen LogP contribution in [0.1, 0.15) is 39.5 Å². The van der Waals surface area contributed by atoms with Crippen molar-refractivity contribution in [3.05, 3.63) is 60.7 Å². The van der Waals surface area contributed by atoms with Crippen LogP contribution in [-0.2, 0) is 4.57 Å². The molecule has 0 aliphatic carbocycles. The molecule has 0 spiro atoms. The summed E-state index contributed by atoms with van der Waals surface area (Å²) in [6.45, 7) is 8.30. The molecule has 0 saturated carbocycles. The highest BCUT2D eigenvalue weighted by Gasteiger charge is 2.26. The summed E-state index contributed by atoms with van der Waals surface area (Å²) in [6.07, 6.45) is 5.17. The van der Waals surface area contributed by atoms with Gasteiger partial charge in [0.25, 0.3) is 0 Å². The van der Waals surface area contributed by atoms with E-state index in [9.17, 15) is 4.57 Å². The van der Waals surface area contributed by atoms with Crippen molar-refractivity contribution in [1.82, 2.24) is 9.99 Å². The first kappa shape index (κ1) is 20.9. The molecule has 26 heavy (non-hydrogen) atoms. The van der Waals surface area contributed by atoms with E-state index < -0.39 is 7.29 Å². The third kappa shape index (κ3) is 6.09. The molecule has 1 fully saturated rings. The minimum absolute atomic E-state index is 0.751. The first-order valence-electron chi connectivity index (χ1n) is 9.89. The second kappa shape index (κ2) is 11.3. The molecule has 1 saturated heterocycles. The van der Waals surface area contributed by atoms with Gasteiger partial charge in [-0.1, -0.05) is 63.1 Å². The molecule has 0 unspecified atom stereocenters. The summed E-state index contributed by atoms with van der Waals surface area (Å²) in [4.78, 5) is 2.47. The quantitative estimate of drug-likeness (QED) is 0.763. The summed E-state index contributed by atoms with van der Waals surface area (Å²) in [6, 6.07) is 19.6. The number of hydrogen-bond donors (Lipinski definition) is 1. The molecular formula is C22H33N2OP. The molecule has 1 aliphatic rings. The number of nitrogens with one attached hydrogen (secondary N) is 1. The molecule has 0 aromatic heterocycles. The lowest BCUT2D eigenvalue weighted by Gasteiger charge is -2.28. The Morgan fingerprint density at radius 1 is 0.846 bits per heavy atom. The first-order chi connectivity index (χ1) is 12.7. The lowest BCUT2D eigenvalue weighted by atomic mass is 10.1. The fourth-order valence-corrected chi connectivity index (χ4v) is 5.42. The fraction of sp³-hybridized carbons (Fsp3) is 0.455. The summed E-state index contributed by atoms with van der Waals surface area (Å²) in [5, 5.41) is 5.15. The van der Waals surface area contributed by atoms with E-state index in [1.807, 2.05) is 60.7 Å². The van der Waals surface area contributed by atoms with Crippen LogP contribution in [0.2, 0.25) is 0 Å². The van der Waals surface area contributed by atoms with Gasteiger partial charge in [0.1, 0.15) is 0 Å². The Labute approximate surface area is 159 Å². The summed E-state index contributed by atoms with van der Waals surface area (Å²) in [7, 11) is -2.77. The Hall–Kier alpha value is -1.41. The molecule has 2 aromatic rings.